The molecule has 18 heavy (non-hydrogen) atoms. The Morgan fingerprint density at radius 3 is 3.00 bits per heavy atom. The molecular formula is C14H18O4. The Labute approximate surface area is 107 Å². The van der Waals surface area contributed by atoms with E-state index in [9.17, 15) is 4.79 Å². The summed E-state index contributed by atoms with van der Waals surface area (Å²) in [7, 11) is 1.62. The van der Waals surface area contributed by atoms with Crippen LogP contribution in [0.2, 0.25) is 0 Å². The molecule has 0 aliphatic carbocycles. The molecule has 1 unspecified atom stereocenters. The maximum Gasteiger partial charge on any atom is 0.161 e. The van der Waals surface area contributed by atoms with Gasteiger partial charge in [-0.15, -0.1) is 0 Å². The molecule has 0 N–H and O–H groups in total. The van der Waals surface area contributed by atoms with E-state index < -0.39 is 0 Å². The lowest BCUT2D eigenvalue weighted by Crippen LogP contribution is -2.16. The van der Waals surface area contributed by atoms with Gasteiger partial charge in [0.15, 0.2) is 11.5 Å². The second-order valence-corrected chi connectivity index (χ2v) is 4.29. The van der Waals surface area contributed by atoms with Crippen LogP contribution in [-0.2, 0) is 16.0 Å². The number of hydrogen-bond acceptors (Lipinski definition) is 4. The van der Waals surface area contributed by atoms with Crippen molar-refractivity contribution in [2.75, 3.05) is 20.3 Å². The normalized spacial score (nSPS) is 18.6. The van der Waals surface area contributed by atoms with E-state index in [1.54, 1.807) is 7.11 Å². The summed E-state index contributed by atoms with van der Waals surface area (Å²) in [6.45, 7) is 1.39. The number of rotatable bonds is 6. The van der Waals surface area contributed by atoms with Crippen molar-refractivity contribution < 1.29 is 19.0 Å². The van der Waals surface area contributed by atoms with Gasteiger partial charge in [0.2, 0.25) is 0 Å². The number of methoxy groups -OCH3 is 1. The molecule has 2 rings (SSSR count). The molecule has 1 heterocycles. The summed E-state index contributed by atoms with van der Waals surface area (Å²) in [5, 5.41) is 0. The molecular weight excluding hydrogens is 232 g/mol. The lowest BCUT2D eigenvalue weighted by atomic mass is 10.1. The number of carbonyl (C=O) groups is 1. The maximum atomic E-state index is 10.4. The van der Waals surface area contributed by atoms with Gasteiger partial charge in [0, 0.05) is 12.8 Å². The van der Waals surface area contributed by atoms with E-state index in [1.165, 1.54) is 0 Å². The molecule has 1 aliphatic rings. The van der Waals surface area contributed by atoms with Crippen LogP contribution in [0.25, 0.3) is 0 Å². The minimum atomic E-state index is 0.111. The van der Waals surface area contributed by atoms with Crippen LogP contribution in [0.3, 0.4) is 0 Å². The molecule has 1 fully saturated rings. The molecule has 1 aromatic rings. The molecule has 98 valence electrons. The summed E-state index contributed by atoms with van der Waals surface area (Å²) in [5.41, 5.74) is 1.08. The van der Waals surface area contributed by atoms with Crippen LogP contribution >= 0.6 is 0 Å². The van der Waals surface area contributed by atoms with Crippen LogP contribution in [0, 0.1) is 0 Å². The number of aldehydes is 1. The zero-order valence-corrected chi connectivity index (χ0v) is 10.6. The first-order valence-electron chi connectivity index (χ1n) is 6.18. The molecule has 0 radical (unpaired) electrons. The third-order valence-electron chi connectivity index (χ3n) is 2.96. The van der Waals surface area contributed by atoms with Crippen molar-refractivity contribution in [3.63, 3.8) is 0 Å². The van der Waals surface area contributed by atoms with Gasteiger partial charge in [-0.05, 0) is 24.1 Å². The second-order valence-electron chi connectivity index (χ2n) is 4.29. The molecule has 0 aromatic heterocycles. The number of ether oxygens (including phenoxy) is 3. The Morgan fingerprint density at radius 2 is 2.33 bits per heavy atom. The number of benzene rings is 1. The first-order valence-corrected chi connectivity index (χ1v) is 6.18. The number of aryl methyl sites for hydroxylation is 1. The topological polar surface area (TPSA) is 44.8 Å². The number of hydrogen-bond donors (Lipinski definition) is 0. The van der Waals surface area contributed by atoms with Crippen molar-refractivity contribution in [3.05, 3.63) is 23.8 Å². The van der Waals surface area contributed by atoms with Gasteiger partial charge in [-0.2, -0.15) is 0 Å². The van der Waals surface area contributed by atoms with Gasteiger partial charge in [0.05, 0.1) is 20.3 Å². The molecule has 1 aliphatic heterocycles. The Kier molecular flexibility index (Phi) is 4.59. The van der Waals surface area contributed by atoms with Crippen LogP contribution < -0.4 is 9.47 Å². The lowest BCUT2D eigenvalue weighted by Gasteiger charge is -2.15. The molecule has 0 bridgehead atoms. The van der Waals surface area contributed by atoms with E-state index in [0.29, 0.717) is 18.8 Å². The van der Waals surface area contributed by atoms with Crippen LogP contribution in [-0.4, -0.2) is 32.7 Å². The summed E-state index contributed by atoms with van der Waals surface area (Å²) >= 11 is 0. The zero-order chi connectivity index (χ0) is 12.8. The van der Waals surface area contributed by atoms with Crippen molar-refractivity contribution in [3.8, 4) is 11.5 Å². The smallest absolute Gasteiger partial charge is 0.161 e. The Morgan fingerprint density at radius 1 is 1.44 bits per heavy atom. The highest BCUT2D eigenvalue weighted by Gasteiger charge is 2.19. The Hall–Kier alpha value is -1.55. The van der Waals surface area contributed by atoms with Crippen molar-refractivity contribution in [1.82, 2.24) is 0 Å². The van der Waals surface area contributed by atoms with E-state index in [1.807, 2.05) is 18.2 Å². The van der Waals surface area contributed by atoms with Gasteiger partial charge in [-0.25, -0.2) is 0 Å². The fraction of sp³-hybridized carbons (Fsp3) is 0.500. The van der Waals surface area contributed by atoms with Gasteiger partial charge >= 0.3 is 0 Å². The predicted molar refractivity (Wildman–Crippen MR) is 67.2 cm³/mol. The minimum Gasteiger partial charge on any atom is -0.493 e. The van der Waals surface area contributed by atoms with Crippen molar-refractivity contribution in [2.45, 2.75) is 25.4 Å². The first-order chi connectivity index (χ1) is 8.83. The highest BCUT2D eigenvalue weighted by molar-refractivity contribution is 5.51. The Bertz CT molecular complexity index is 397. The molecule has 0 spiro atoms. The van der Waals surface area contributed by atoms with E-state index >= 15 is 0 Å². The van der Waals surface area contributed by atoms with E-state index in [4.69, 9.17) is 14.2 Å². The minimum absolute atomic E-state index is 0.111. The second kappa shape index (κ2) is 6.40. The van der Waals surface area contributed by atoms with Crippen molar-refractivity contribution in [1.29, 1.82) is 0 Å². The fourth-order valence-corrected chi connectivity index (χ4v) is 1.98. The molecule has 1 atom stereocenters. The molecule has 0 saturated carbocycles. The quantitative estimate of drug-likeness (QED) is 0.724. The average molecular weight is 250 g/mol. The van der Waals surface area contributed by atoms with E-state index in [2.05, 4.69) is 0 Å². The monoisotopic (exact) mass is 250 g/mol. The van der Waals surface area contributed by atoms with Gasteiger partial charge < -0.3 is 19.0 Å². The van der Waals surface area contributed by atoms with Crippen LogP contribution in [0.4, 0.5) is 0 Å². The third-order valence-corrected chi connectivity index (χ3v) is 2.96. The largest absolute Gasteiger partial charge is 0.493 e. The fourth-order valence-electron chi connectivity index (χ4n) is 1.98. The summed E-state index contributed by atoms with van der Waals surface area (Å²) in [4.78, 5) is 10.4. The Balaban J connectivity index is 2.06. The highest BCUT2D eigenvalue weighted by atomic mass is 16.6. The van der Waals surface area contributed by atoms with Crippen LogP contribution in [0.5, 0.6) is 11.5 Å². The van der Waals surface area contributed by atoms with E-state index in [-0.39, 0.29) is 6.10 Å². The van der Waals surface area contributed by atoms with Gasteiger partial charge in [0.1, 0.15) is 12.4 Å². The lowest BCUT2D eigenvalue weighted by molar-refractivity contribution is -0.107. The van der Waals surface area contributed by atoms with E-state index in [0.717, 1.165) is 37.0 Å². The molecule has 4 nitrogen and oxygen atoms in total. The summed E-state index contributed by atoms with van der Waals surface area (Å²) in [6, 6.07) is 5.79. The average Bonchev–Trinajstić information content (AvgIpc) is 2.90. The predicted octanol–water partition coefficient (Wildman–Crippen LogP) is 1.99. The third kappa shape index (κ3) is 3.23. The molecule has 4 heteroatoms. The molecule has 1 saturated heterocycles. The van der Waals surface area contributed by atoms with Crippen molar-refractivity contribution >= 4 is 6.29 Å². The molecule has 0 amide bonds. The summed E-state index contributed by atoms with van der Waals surface area (Å²) in [5.74, 6) is 1.45. The SMILES string of the molecule is COc1cc(CCC=O)ccc1OC1CCOC1. The van der Waals surface area contributed by atoms with Crippen LogP contribution in [0.15, 0.2) is 18.2 Å². The highest BCUT2D eigenvalue weighted by Crippen LogP contribution is 2.30. The zero-order valence-electron chi connectivity index (χ0n) is 10.6. The van der Waals surface area contributed by atoms with Gasteiger partial charge in [-0.3, -0.25) is 0 Å². The number of carbonyl (C=O) groups excluding carboxylic acids is 1. The standard InChI is InChI=1S/C14H18O4/c1-16-14-9-11(3-2-7-15)4-5-13(14)18-12-6-8-17-10-12/h4-5,7,9,12H,2-3,6,8,10H2,1H3. The first kappa shape index (κ1) is 12.9. The van der Waals surface area contributed by atoms with Gasteiger partial charge in [-0.1, -0.05) is 6.07 Å². The summed E-state index contributed by atoms with van der Waals surface area (Å²) < 4.78 is 16.4. The maximum absolute atomic E-state index is 10.4. The molecule has 1 aromatic carbocycles. The van der Waals surface area contributed by atoms with Gasteiger partial charge in [0.25, 0.3) is 0 Å². The van der Waals surface area contributed by atoms with Crippen LogP contribution in [0.1, 0.15) is 18.4 Å². The summed E-state index contributed by atoms with van der Waals surface area (Å²) in [6.07, 6.45) is 3.20. The van der Waals surface area contributed by atoms with Crippen molar-refractivity contribution in [2.24, 2.45) is 0 Å².